The zero-order valence-electron chi connectivity index (χ0n) is 4.86. The monoisotopic (exact) mass is 101 g/mol. The summed E-state index contributed by atoms with van der Waals surface area (Å²) < 4.78 is 0. The van der Waals surface area contributed by atoms with Crippen LogP contribution in [0.15, 0.2) is 0 Å². The summed E-state index contributed by atoms with van der Waals surface area (Å²) in [6.45, 7) is 0. The largest absolute Gasteiger partial charge is 2.00 e. The van der Waals surface area contributed by atoms with Gasteiger partial charge in [0, 0.05) is 0 Å². The van der Waals surface area contributed by atoms with Crippen molar-refractivity contribution in [2.75, 3.05) is 0 Å². The third-order valence-electron chi connectivity index (χ3n) is 0. The Bertz CT molecular complexity index is 35.9. The van der Waals surface area contributed by atoms with Gasteiger partial charge in [0.25, 0.3) is 0 Å². The van der Waals surface area contributed by atoms with Crippen LogP contribution in [0, 0.1) is 5.41 Å². The molecule has 0 aliphatic heterocycles. The molecule has 3 nitrogen and oxygen atoms in total. The summed E-state index contributed by atoms with van der Waals surface area (Å²) in [4.78, 5) is 0. The van der Waals surface area contributed by atoms with Crippen LogP contribution in [0.2, 0.25) is 0 Å². The first-order valence-electron chi connectivity index (χ1n) is 0.827. The first-order chi connectivity index (χ1) is 1.73. The Kier molecular flexibility index (Phi) is 8.25. The Morgan fingerprint density at radius 3 is 1.60 bits per heavy atom. The second kappa shape index (κ2) is 4.53. The van der Waals surface area contributed by atoms with Crippen molar-refractivity contribution in [1.82, 2.24) is 0 Å². The minimum absolute atomic E-state index is 0. The predicted octanol–water partition coefficient (Wildman–Crippen LogP) is -1.32. The summed E-state index contributed by atoms with van der Waals surface area (Å²) in [5.74, 6) is -0.333. The first-order valence-corrected chi connectivity index (χ1v) is 0.827. The van der Waals surface area contributed by atoms with Crippen LogP contribution >= 0.6 is 0 Å². The smallest absolute Gasteiger partial charge is 1.00 e. The van der Waals surface area contributed by atoms with E-state index in [1.54, 1.807) is 0 Å². The van der Waals surface area contributed by atoms with Gasteiger partial charge in [0.1, 0.15) is 0 Å². The zero-order chi connectivity index (χ0) is 3.58. The van der Waals surface area contributed by atoms with Crippen LogP contribution in [0.25, 0.3) is 0 Å². The Hall–Kier alpha value is 0.530. The van der Waals surface area contributed by atoms with E-state index in [-0.39, 0.29) is 46.6 Å². The molecule has 5 heavy (non-hydrogen) atoms. The quantitative estimate of drug-likeness (QED) is 0.201. The van der Waals surface area contributed by atoms with Crippen molar-refractivity contribution in [3.8, 4) is 0 Å². The van der Waals surface area contributed by atoms with Crippen molar-refractivity contribution in [3.05, 3.63) is 0 Å². The Morgan fingerprint density at radius 2 is 1.60 bits per heavy atom. The van der Waals surface area contributed by atoms with Crippen LogP contribution < -0.4 is 11.5 Å². The topological polar surface area (TPSA) is 75.9 Å². The maximum absolute atomic E-state index is 6.06. The van der Waals surface area contributed by atoms with Crippen LogP contribution in [0.5, 0.6) is 0 Å². The normalized spacial score (nSPS) is 4.80. The van der Waals surface area contributed by atoms with Crippen LogP contribution in [0.4, 0.5) is 0 Å². The molecule has 4 heteroatoms. The molecule has 28 valence electrons. The number of nitrogens with one attached hydrogen (secondary N) is 1. The van der Waals surface area contributed by atoms with Gasteiger partial charge in [-0.2, -0.15) is 0 Å². The molecule has 0 atom stereocenters. The van der Waals surface area contributed by atoms with Crippen LogP contribution in [-0.2, 0) is 0 Å². The van der Waals surface area contributed by atoms with Gasteiger partial charge in [-0.15, -0.1) is 0 Å². The molecule has 5 N–H and O–H groups in total. The number of rotatable bonds is 0. The van der Waals surface area contributed by atoms with E-state index in [1.807, 2.05) is 0 Å². The number of guanidine groups is 1. The van der Waals surface area contributed by atoms with Crippen molar-refractivity contribution in [2.24, 2.45) is 11.5 Å². The average molecular weight is 101 g/mol. The molecular formula is CH7CaN3. The first kappa shape index (κ1) is 9.11. The van der Waals surface area contributed by atoms with Gasteiger partial charge in [-0.05, 0) is 0 Å². The molecule has 0 spiro atoms. The fourth-order valence-corrected chi connectivity index (χ4v) is 0. The van der Waals surface area contributed by atoms with Gasteiger partial charge >= 0.3 is 37.7 Å². The fourth-order valence-electron chi connectivity index (χ4n) is 0. The van der Waals surface area contributed by atoms with Crippen LogP contribution in [0.3, 0.4) is 0 Å². The molecule has 0 unspecified atom stereocenters. The molecule has 0 bridgehead atoms. The molecule has 0 saturated heterocycles. The minimum Gasteiger partial charge on any atom is -1.00 e. The van der Waals surface area contributed by atoms with Gasteiger partial charge in [-0.1, -0.05) is 0 Å². The molecule has 0 saturated carbocycles. The van der Waals surface area contributed by atoms with Crippen molar-refractivity contribution in [1.29, 1.82) is 5.41 Å². The van der Waals surface area contributed by atoms with Gasteiger partial charge in [0.15, 0.2) is 5.96 Å². The number of hydrogen-bond donors (Lipinski definition) is 3. The van der Waals surface area contributed by atoms with E-state index in [9.17, 15) is 0 Å². The van der Waals surface area contributed by atoms with Crippen molar-refractivity contribution in [2.45, 2.75) is 0 Å². The Labute approximate surface area is 63.2 Å². The molecule has 0 aliphatic carbocycles. The van der Waals surface area contributed by atoms with Gasteiger partial charge in [-0.25, -0.2) is 0 Å². The van der Waals surface area contributed by atoms with Gasteiger partial charge < -0.3 is 14.3 Å². The molecule has 0 rings (SSSR count). The summed E-state index contributed by atoms with van der Waals surface area (Å²) in [7, 11) is 0. The molecule has 0 aromatic rings. The standard InChI is InChI=1S/CH5N3.Ca.2H/c2-1(3)4;;;/h(H5,2,3,4);;;/q;+2;2*-1. The van der Waals surface area contributed by atoms with E-state index in [2.05, 4.69) is 11.5 Å². The molecule has 0 heterocycles. The van der Waals surface area contributed by atoms with Gasteiger partial charge in [0.05, 0.1) is 0 Å². The zero-order valence-corrected chi connectivity index (χ0v) is 5.07. The van der Waals surface area contributed by atoms with E-state index in [1.165, 1.54) is 0 Å². The number of nitrogens with two attached hydrogens (primary N) is 2. The van der Waals surface area contributed by atoms with E-state index in [0.29, 0.717) is 0 Å². The minimum atomic E-state index is -0.333. The summed E-state index contributed by atoms with van der Waals surface area (Å²) in [6.07, 6.45) is 0. The molecule has 0 fully saturated rings. The fraction of sp³-hybridized carbons (Fsp3) is 0. The molecule has 0 aromatic heterocycles. The van der Waals surface area contributed by atoms with Crippen molar-refractivity contribution < 1.29 is 2.85 Å². The molecular weight excluding hydrogens is 94.1 g/mol. The Morgan fingerprint density at radius 1 is 1.60 bits per heavy atom. The van der Waals surface area contributed by atoms with Crippen molar-refractivity contribution in [3.63, 3.8) is 0 Å². The van der Waals surface area contributed by atoms with E-state index < -0.39 is 0 Å². The Balaban J connectivity index is -0.0000000150. The summed E-state index contributed by atoms with van der Waals surface area (Å²) >= 11 is 0. The van der Waals surface area contributed by atoms with E-state index in [4.69, 9.17) is 5.41 Å². The van der Waals surface area contributed by atoms with Gasteiger partial charge in [-0.3, -0.25) is 5.41 Å². The third kappa shape index (κ3) is 103. The second-order valence-corrected chi connectivity index (χ2v) is 0.455. The predicted molar refractivity (Wildman–Crippen MR) is 24.1 cm³/mol. The maximum Gasteiger partial charge on any atom is 2.00 e. The third-order valence-corrected chi connectivity index (χ3v) is 0. The van der Waals surface area contributed by atoms with Gasteiger partial charge in [0.2, 0.25) is 0 Å². The van der Waals surface area contributed by atoms with E-state index >= 15 is 0 Å². The average Bonchev–Trinajstić information content (AvgIpc) is 0.811. The molecule has 0 amide bonds. The van der Waals surface area contributed by atoms with Crippen molar-refractivity contribution >= 4 is 43.7 Å². The number of hydrogen-bond acceptors (Lipinski definition) is 1. The summed E-state index contributed by atoms with van der Waals surface area (Å²) in [5.41, 5.74) is 8.94. The van der Waals surface area contributed by atoms with Crippen LogP contribution in [0.1, 0.15) is 2.85 Å². The molecule has 0 radical (unpaired) electrons. The molecule has 0 aliphatic rings. The molecule has 0 aromatic carbocycles. The maximum atomic E-state index is 6.06. The summed E-state index contributed by atoms with van der Waals surface area (Å²) in [5, 5.41) is 6.06. The van der Waals surface area contributed by atoms with E-state index in [0.717, 1.165) is 0 Å². The second-order valence-electron chi connectivity index (χ2n) is 0.455. The SMILES string of the molecule is N=C(N)N.[Ca+2].[H-].[H-]. The summed E-state index contributed by atoms with van der Waals surface area (Å²) in [6, 6.07) is 0. The van der Waals surface area contributed by atoms with Crippen LogP contribution in [-0.4, -0.2) is 43.7 Å².